The molecule has 0 spiro atoms. The molecule has 0 aromatic carbocycles. The number of amides is 2. The van der Waals surface area contributed by atoms with Gasteiger partial charge >= 0.3 is 24.1 Å². The molecule has 10 heteroatoms. The van der Waals surface area contributed by atoms with Gasteiger partial charge in [-0.25, -0.2) is 19.2 Å². The zero-order chi connectivity index (χ0) is 24.6. The van der Waals surface area contributed by atoms with Crippen molar-refractivity contribution < 1.29 is 38.1 Å². The molecule has 1 unspecified atom stereocenters. The second-order valence-electron chi connectivity index (χ2n) is 8.10. The van der Waals surface area contributed by atoms with Gasteiger partial charge in [0.2, 0.25) is 0 Å². The first-order chi connectivity index (χ1) is 15.0. The quantitative estimate of drug-likeness (QED) is 0.167. The summed E-state index contributed by atoms with van der Waals surface area (Å²) in [6, 6.07) is 0. The van der Waals surface area contributed by atoms with Crippen LogP contribution in [0.25, 0.3) is 0 Å². The smallest absolute Gasteiger partial charge is 0.407 e. The molecule has 0 radical (unpaired) electrons. The van der Waals surface area contributed by atoms with Gasteiger partial charge in [0.25, 0.3) is 0 Å². The zero-order valence-corrected chi connectivity index (χ0v) is 19.5. The molecule has 0 aromatic rings. The number of esters is 2. The lowest BCUT2D eigenvalue weighted by molar-refractivity contribution is -0.140. The zero-order valence-electron chi connectivity index (χ0n) is 19.5. The molecule has 0 aliphatic heterocycles. The summed E-state index contributed by atoms with van der Waals surface area (Å²) < 4.78 is 19.4. The summed E-state index contributed by atoms with van der Waals surface area (Å²) in [5.74, 6) is -0.823. The highest BCUT2D eigenvalue weighted by atomic mass is 16.6. The van der Waals surface area contributed by atoms with Gasteiger partial charge < -0.3 is 29.6 Å². The number of ether oxygens (including phenoxy) is 4. The van der Waals surface area contributed by atoms with E-state index in [1.165, 1.54) is 6.92 Å². The average molecular weight is 457 g/mol. The Balaban J connectivity index is 3.94. The highest BCUT2D eigenvalue weighted by Gasteiger charge is 2.22. The molecule has 0 rings (SSSR count). The van der Waals surface area contributed by atoms with Gasteiger partial charge in [-0.2, -0.15) is 0 Å². The van der Waals surface area contributed by atoms with E-state index in [0.717, 1.165) is 18.9 Å². The Morgan fingerprint density at radius 1 is 0.938 bits per heavy atom. The molecule has 10 nitrogen and oxygen atoms in total. The third kappa shape index (κ3) is 15.8. The Morgan fingerprint density at radius 2 is 1.47 bits per heavy atom. The maximum atomic E-state index is 11.7. The third-order valence-electron chi connectivity index (χ3n) is 4.14. The van der Waals surface area contributed by atoms with Gasteiger partial charge in [0.15, 0.2) is 0 Å². The van der Waals surface area contributed by atoms with Gasteiger partial charge in [-0.05, 0) is 31.1 Å². The van der Waals surface area contributed by atoms with E-state index in [1.54, 1.807) is 0 Å². The van der Waals surface area contributed by atoms with Crippen LogP contribution in [-0.4, -0.2) is 63.6 Å². The highest BCUT2D eigenvalue weighted by molar-refractivity contribution is 5.86. The highest BCUT2D eigenvalue weighted by Crippen LogP contribution is 2.26. The van der Waals surface area contributed by atoms with Crippen molar-refractivity contribution in [1.29, 1.82) is 0 Å². The van der Waals surface area contributed by atoms with Crippen molar-refractivity contribution in [3.8, 4) is 0 Å². The number of alkyl carbamates (subject to hydrolysis) is 2. The van der Waals surface area contributed by atoms with Crippen LogP contribution in [0, 0.1) is 11.3 Å². The van der Waals surface area contributed by atoms with Crippen LogP contribution in [0.1, 0.15) is 40.5 Å². The summed E-state index contributed by atoms with van der Waals surface area (Å²) in [6.45, 7) is 15.0. The summed E-state index contributed by atoms with van der Waals surface area (Å²) in [7, 11) is 0. The number of nitrogens with one attached hydrogen (secondary N) is 2. The van der Waals surface area contributed by atoms with Gasteiger partial charge in [0.05, 0.1) is 0 Å². The van der Waals surface area contributed by atoms with E-state index in [4.69, 9.17) is 18.9 Å². The predicted octanol–water partition coefficient (Wildman–Crippen LogP) is 2.73. The first kappa shape index (κ1) is 29.0. The van der Waals surface area contributed by atoms with E-state index in [-0.39, 0.29) is 43.3 Å². The van der Waals surface area contributed by atoms with Gasteiger partial charge in [-0.1, -0.05) is 33.9 Å². The molecule has 182 valence electrons. The summed E-state index contributed by atoms with van der Waals surface area (Å²) in [6.07, 6.45) is 1.40. The van der Waals surface area contributed by atoms with Crippen LogP contribution in [0.5, 0.6) is 0 Å². The van der Waals surface area contributed by atoms with E-state index < -0.39 is 24.1 Å². The van der Waals surface area contributed by atoms with Gasteiger partial charge in [-0.3, -0.25) is 0 Å². The first-order valence-corrected chi connectivity index (χ1v) is 10.4. The summed E-state index contributed by atoms with van der Waals surface area (Å²) in [5.41, 5.74) is 0.0894. The maximum absolute atomic E-state index is 11.7. The topological polar surface area (TPSA) is 129 Å². The van der Waals surface area contributed by atoms with Crippen molar-refractivity contribution in [1.82, 2.24) is 10.6 Å². The van der Waals surface area contributed by atoms with Crippen LogP contribution in [0.3, 0.4) is 0 Å². The van der Waals surface area contributed by atoms with Crippen LogP contribution >= 0.6 is 0 Å². The fourth-order valence-corrected chi connectivity index (χ4v) is 2.68. The van der Waals surface area contributed by atoms with Crippen molar-refractivity contribution in [2.75, 3.05) is 39.5 Å². The Morgan fingerprint density at radius 3 is 2.03 bits per heavy atom. The first-order valence-electron chi connectivity index (χ1n) is 10.4. The van der Waals surface area contributed by atoms with E-state index in [0.29, 0.717) is 13.1 Å². The standard InChI is InChI=1S/C22H36N2O8/c1-7-18(25)29-10-12-32-21(28)24-15-22(5,6)14-17(4)8-9-23-20(27)31-13-11-30-19(26)16(2)3/h7,17H,1-2,8-15H2,3-6H3,(H,23,27)(H,24,28). The third-order valence-corrected chi connectivity index (χ3v) is 4.14. The Hall–Kier alpha value is -3.04. The van der Waals surface area contributed by atoms with Crippen molar-refractivity contribution >= 4 is 24.1 Å². The van der Waals surface area contributed by atoms with Crippen LogP contribution in [0.2, 0.25) is 0 Å². The van der Waals surface area contributed by atoms with Gasteiger partial charge in [-0.15, -0.1) is 0 Å². The molecule has 0 aliphatic rings. The molecule has 0 heterocycles. The van der Waals surface area contributed by atoms with Gasteiger partial charge in [0.1, 0.15) is 26.4 Å². The van der Waals surface area contributed by atoms with Gasteiger partial charge in [0, 0.05) is 24.7 Å². The predicted molar refractivity (Wildman–Crippen MR) is 118 cm³/mol. The molecular weight excluding hydrogens is 420 g/mol. The number of hydrogen-bond acceptors (Lipinski definition) is 8. The Labute approximate surface area is 189 Å². The molecule has 0 bridgehead atoms. The van der Waals surface area contributed by atoms with Crippen LogP contribution < -0.4 is 10.6 Å². The molecule has 0 aromatic heterocycles. The molecule has 0 fully saturated rings. The summed E-state index contributed by atoms with van der Waals surface area (Å²) in [4.78, 5) is 45.5. The second-order valence-corrected chi connectivity index (χ2v) is 8.10. The largest absolute Gasteiger partial charge is 0.459 e. The normalized spacial score (nSPS) is 11.5. The summed E-state index contributed by atoms with van der Waals surface area (Å²) >= 11 is 0. The lowest BCUT2D eigenvalue weighted by atomic mass is 9.82. The second kappa shape index (κ2) is 15.7. The number of rotatable bonds is 15. The minimum atomic E-state index is -0.585. The van der Waals surface area contributed by atoms with Crippen LogP contribution in [-0.2, 0) is 28.5 Å². The lowest BCUT2D eigenvalue weighted by Gasteiger charge is -2.28. The van der Waals surface area contributed by atoms with Crippen molar-refractivity contribution in [2.45, 2.75) is 40.5 Å². The van der Waals surface area contributed by atoms with E-state index in [9.17, 15) is 19.2 Å². The van der Waals surface area contributed by atoms with Crippen molar-refractivity contribution in [3.63, 3.8) is 0 Å². The number of carbonyl (C=O) groups is 4. The molecule has 2 amide bonds. The lowest BCUT2D eigenvalue weighted by Crippen LogP contribution is -2.36. The molecule has 2 N–H and O–H groups in total. The summed E-state index contributed by atoms with van der Waals surface area (Å²) in [5, 5.41) is 5.35. The fourth-order valence-electron chi connectivity index (χ4n) is 2.68. The maximum Gasteiger partial charge on any atom is 0.407 e. The minimum absolute atomic E-state index is 0.0287. The monoisotopic (exact) mass is 456 g/mol. The Bertz CT molecular complexity index is 660. The molecule has 0 aliphatic carbocycles. The number of carbonyl (C=O) groups excluding carboxylic acids is 4. The molecule has 0 saturated carbocycles. The Kier molecular flexibility index (Phi) is 14.2. The average Bonchev–Trinajstić information content (AvgIpc) is 2.72. The molecule has 0 saturated heterocycles. The molecule has 32 heavy (non-hydrogen) atoms. The SMILES string of the molecule is C=CC(=O)OCCOC(=O)NCC(C)(C)CC(C)CCNC(=O)OCCOC(=O)C(=C)C. The van der Waals surface area contributed by atoms with Crippen molar-refractivity contribution in [3.05, 3.63) is 24.8 Å². The molecule has 1 atom stereocenters. The fraction of sp³-hybridized carbons (Fsp3) is 0.636. The van der Waals surface area contributed by atoms with Crippen molar-refractivity contribution in [2.24, 2.45) is 11.3 Å². The van der Waals surface area contributed by atoms with E-state index in [2.05, 4.69) is 30.7 Å². The van der Waals surface area contributed by atoms with E-state index in [1.807, 2.05) is 13.8 Å². The van der Waals surface area contributed by atoms with Crippen LogP contribution in [0.15, 0.2) is 24.8 Å². The van der Waals surface area contributed by atoms with Crippen LogP contribution in [0.4, 0.5) is 9.59 Å². The number of hydrogen-bond donors (Lipinski definition) is 2. The minimum Gasteiger partial charge on any atom is -0.459 e. The van der Waals surface area contributed by atoms with E-state index >= 15 is 0 Å². The molecular formula is C22H36N2O8.